The summed E-state index contributed by atoms with van der Waals surface area (Å²) < 4.78 is 0. The van der Waals surface area contributed by atoms with Crippen molar-refractivity contribution in [1.82, 2.24) is 16.0 Å². The molecule has 0 heterocycles. The standard InChI is InChI=1S/C18H28N4O.HI/c1-5-19-17(21-12-16(23)22-18(2,3)4)20-11-14-10-13-8-6-7-9-15(13)14;/h6-9,14H,5,10-12H2,1-4H3,(H,22,23)(H2,19,20,21);1H. The Labute approximate surface area is 162 Å². The van der Waals surface area contributed by atoms with Crippen molar-refractivity contribution in [3.05, 3.63) is 35.4 Å². The smallest absolute Gasteiger partial charge is 0.242 e. The number of aliphatic imine (C=N–C) groups is 1. The van der Waals surface area contributed by atoms with Gasteiger partial charge in [-0.2, -0.15) is 0 Å². The molecule has 134 valence electrons. The Morgan fingerprint density at radius 2 is 1.96 bits per heavy atom. The molecule has 0 saturated heterocycles. The third-order valence-electron chi connectivity index (χ3n) is 3.72. The summed E-state index contributed by atoms with van der Waals surface area (Å²) >= 11 is 0. The molecule has 1 aromatic carbocycles. The first-order valence-corrected chi connectivity index (χ1v) is 8.30. The van der Waals surface area contributed by atoms with E-state index in [0.717, 1.165) is 19.5 Å². The molecule has 0 spiro atoms. The highest BCUT2D eigenvalue weighted by Gasteiger charge is 2.25. The van der Waals surface area contributed by atoms with E-state index in [0.29, 0.717) is 11.9 Å². The molecule has 1 unspecified atom stereocenters. The van der Waals surface area contributed by atoms with E-state index in [2.05, 4.69) is 45.2 Å². The van der Waals surface area contributed by atoms with Crippen LogP contribution in [-0.2, 0) is 11.2 Å². The highest BCUT2D eigenvalue weighted by molar-refractivity contribution is 14.0. The van der Waals surface area contributed by atoms with Gasteiger partial charge in [0.05, 0.1) is 0 Å². The third kappa shape index (κ3) is 6.30. The molecular formula is C18H29IN4O. The number of guanidine groups is 1. The van der Waals surface area contributed by atoms with E-state index in [1.165, 1.54) is 11.1 Å². The van der Waals surface area contributed by atoms with Gasteiger partial charge in [-0.05, 0) is 45.2 Å². The van der Waals surface area contributed by atoms with Crippen LogP contribution in [-0.4, -0.2) is 37.0 Å². The van der Waals surface area contributed by atoms with Crippen LogP contribution in [0, 0.1) is 0 Å². The van der Waals surface area contributed by atoms with Gasteiger partial charge in [0.25, 0.3) is 0 Å². The molecule has 1 aliphatic rings. The number of rotatable bonds is 5. The molecule has 5 nitrogen and oxygen atoms in total. The fraction of sp³-hybridized carbons (Fsp3) is 0.556. The zero-order valence-corrected chi connectivity index (χ0v) is 17.3. The lowest BCUT2D eigenvalue weighted by molar-refractivity contribution is -0.121. The molecule has 0 bridgehead atoms. The minimum absolute atomic E-state index is 0. The van der Waals surface area contributed by atoms with E-state index < -0.39 is 0 Å². The van der Waals surface area contributed by atoms with Crippen molar-refractivity contribution >= 4 is 35.8 Å². The molecule has 0 fully saturated rings. The lowest BCUT2D eigenvalue weighted by Crippen LogP contribution is -2.44. The van der Waals surface area contributed by atoms with Crippen molar-refractivity contribution in [3.8, 4) is 0 Å². The Morgan fingerprint density at radius 1 is 1.25 bits per heavy atom. The Kier molecular flexibility index (Phi) is 7.99. The molecule has 24 heavy (non-hydrogen) atoms. The maximum atomic E-state index is 11.9. The van der Waals surface area contributed by atoms with Gasteiger partial charge in [-0.1, -0.05) is 24.3 Å². The quantitative estimate of drug-likeness (QED) is 0.371. The first-order valence-electron chi connectivity index (χ1n) is 8.30. The summed E-state index contributed by atoms with van der Waals surface area (Å²) in [6, 6.07) is 8.54. The van der Waals surface area contributed by atoms with Crippen LogP contribution in [0.2, 0.25) is 0 Å². The molecule has 0 aliphatic heterocycles. The summed E-state index contributed by atoms with van der Waals surface area (Å²) in [5, 5.41) is 9.44. The van der Waals surface area contributed by atoms with Crippen LogP contribution in [0.15, 0.2) is 29.3 Å². The summed E-state index contributed by atoms with van der Waals surface area (Å²) in [6.07, 6.45) is 1.10. The summed E-state index contributed by atoms with van der Waals surface area (Å²) in [5.74, 6) is 1.16. The number of carbonyl (C=O) groups excluding carboxylic acids is 1. The van der Waals surface area contributed by atoms with E-state index in [4.69, 9.17) is 0 Å². The van der Waals surface area contributed by atoms with Crippen molar-refractivity contribution < 1.29 is 4.79 Å². The molecule has 0 aromatic heterocycles. The van der Waals surface area contributed by atoms with Gasteiger partial charge in [0.15, 0.2) is 5.96 Å². The van der Waals surface area contributed by atoms with Gasteiger partial charge in [-0.3, -0.25) is 4.79 Å². The van der Waals surface area contributed by atoms with Gasteiger partial charge in [0, 0.05) is 24.5 Å². The minimum atomic E-state index is -0.228. The number of carbonyl (C=O) groups is 1. The van der Waals surface area contributed by atoms with Gasteiger partial charge < -0.3 is 16.0 Å². The van der Waals surface area contributed by atoms with Crippen LogP contribution in [0.25, 0.3) is 0 Å². The van der Waals surface area contributed by atoms with Gasteiger partial charge in [-0.15, -0.1) is 24.0 Å². The van der Waals surface area contributed by atoms with Gasteiger partial charge >= 0.3 is 0 Å². The number of nitrogens with one attached hydrogen (secondary N) is 3. The van der Waals surface area contributed by atoms with Crippen molar-refractivity contribution in [2.75, 3.05) is 19.6 Å². The van der Waals surface area contributed by atoms with E-state index in [1.54, 1.807) is 0 Å². The molecule has 6 heteroatoms. The Morgan fingerprint density at radius 3 is 2.58 bits per heavy atom. The topological polar surface area (TPSA) is 65.5 Å². The highest BCUT2D eigenvalue weighted by atomic mass is 127. The molecular weight excluding hydrogens is 415 g/mol. The summed E-state index contributed by atoms with van der Waals surface area (Å²) in [6.45, 7) is 9.65. The molecule has 2 rings (SSSR count). The number of hydrogen-bond donors (Lipinski definition) is 3. The van der Waals surface area contributed by atoms with Crippen LogP contribution in [0.4, 0.5) is 0 Å². The van der Waals surface area contributed by atoms with Crippen LogP contribution in [0.1, 0.15) is 44.7 Å². The van der Waals surface area contributed by atoms with Crippen molar-refractivity contribution in [2.45, 2.75) is 45.6 Å². The van der Waals surface area contributed by atoms with E-state index in [-0.39, 0.29) is 42.0 Å². The number of benzene rings is 1. The highest BCUT2D eigenvalue weighted by Crippen LogP contribution is 2.33. The number of fused-ring (bicyclic) bond motifs is 1. The van der Waals surface area contributed by atoms with Crippen molar-refractivity contribution in [3.63, 3.8) is 0 Å². The zero-order chi connectivity index (χ0) is 16.9. The monoisotopic (exact) mass is 444 g/mol. The molecule has 1 amide bonds. The summed E-state index contributed by atoms with van der Waals surface area (Å²) in [5.41, 5.74) is 2.63. The fourth-order valence-electron chi connectivity index (χ4n) is 2.72. The Hall–Kier alpha value is -1.31. The molecule has 3 N–H and O–H groups in total. The molecule has 0 saturated carbocycles. The Bertz CT molecular complexity index is 581. The second-order valence-corrected chi connectivity index (χ2v) is 6.97. The van der Waals surface area contributed by atoms with Crippen LogP contribution in [0.5, 0.6) is 0 Å². The first kappa shape index (κ1) is 20.7. The zero-order valence-electron chi connectivity index (χ0n) is 15.0. The minimum Gasteiger partial charge on any atom is -0.357 e. The lowest BCUT2D eigenvalue weighted by Gasteiger charge is -2.30. The van der Waals surface area contributed by atoms with E-state index >= 15 is 0 Å². The average molecular weight is 444 g/mol. The predicted octanol–water partition coefficient (Wildman–Crippen LogP) is 2.41. The van der Waals surface area contributed by atoms with Gasteiger partial charge in [0.2, 0.25) is 5.91 Å². The second kappa shape index (κ2) is 9.25. The maximum absolute atomic E-state index is 11.9. The largest absolute Gasteiger partial charge is 0.357 e. The number of hydrogen-bond acceptors (Lipinski definition) is 2. The van der Waals surface area contributed by atoms with Gasteiger partial charge in [-0.25, -0.2) is 4.99 Å². The average Bonchev–Trinajstić information content (AvgIpc) is 2.43. The number of amides is 1. The Balaban J connectivity index is 0.00000288. The predicted molar refractivity (Wildman–Crippen MR) is 110 cm³/mol. The lowest BCUT2D eigenvalue weighted by atomic mass is 9.78. The number of halogens is 1. The van der Waals surface area contributed by atoms with Crippen molar-refractivity contribution in [2.24, 2.45) is 4.99 Å². The second-order valence-electron chi connectivity index (χ2n) is 6.97. The van der Waals surface area contributed by atoms with Gasteiger partial charge in [0.1, 0.15) is 6.54 Å². The van der Waals surface area contributed by atoms with E-state index in [9.17, 15) is 4.79 Å². The summed E-state index contributed by atoms with van der Waals surface area (Å²) in [7, 11) is 0. The third-order valence-corrected chi connectivity index (χ3v) is 3.72. The van der Waals surface area contributed by atoms with Crippen LogP contribution in [0.3, 0.4) is 0 Å². The maximum Gasteiger partial charge on any atom is 0.242 e. The van der Waals surface area contributed by atoms with E-state index in [1.807, 2.05) is 27.7 Å². The molecule has 1 aromatic rings. The summed E-state index contributed by atoms with van der Waals surface area (Å²) in [4.78, 5) is 16.2. The van der Waals surface area contributed by atoms with Crippen LogP contribution < -0.4 is 16.0 Å². The molecule has 1 aliphatic carbocycles. The number of nitrogens with zero attached hydrogens (tertiary/aromatic N) is 1. The fourth-order valence-corrected chi connectivity index (χ4v) is 2.72. The van der Waals surface area contributed by atoms with Crippen molar-refractivity contribution in [1.29, 1.82) is 0 Å². The SMILES string of the molecule is CCNC(=NCC(=O)NC(C)(C)C)NCC1Cc2ccccc21.I. The van der Waals surface area contributed by atoms with Crippen LogP contribution >= 0.6 is 24.0 Å². The normalized spacial score (nSPS) is 16.3. The molecule has 0 radical (unpaired) electrons. The first-order chi connectivity index (χ1) is 10.9. The molecule has 1 atom stereocenters.